The number of carbonyl (C=O) groups is 3. The fourth-order valence-electron chi connectivity index (χ4n) is 2.74. The van der Waals surface area contributed by atoms with Gasteiger partial charge in [-0.1, -0.05) is 23.8 Å². The van der Waals surface area contributed by atoms with E-state index in [9.17, 15) is 14.4 Å². The first-order chi connectivity index (χ1) is 16.4. The van der Waals surface area contributed by atoms with Gasteiger partial charge in [-0.3, -0.25) is 14.4 Å². The Labute approximate surface area is 196 Å². The molecule has 174 valence electrons. The van der Waals surface area contributed by atoms with E-state index in [0.717, 1.165) is 5.56 Å². The van der Waals surface area contributed by atoms with Crippen LogP contribution >= 0.6 is 0 Å². The molecule has 34 heavy (non-hydrogen) atoms. The zero-order valence-corrected chi connectivity index (χ0v) is 18.7. The summed E-state index contributed by atoms with van der Waals surface area (Å²) in [6, 6.07) is 20.8. The van der Waals surface area contributed by atoms with Gasteiger partial charge in [-0.05, 0) is 61.0 Å². The standard InChI is InChI=1S/C25H24N4O5/c1-17-6-10-19(11-7-17)28-24(31)25(32)29-26-15-18-8-12-21(13-9-18)34-16-23(30)27-20-4-3-5-22(14-20)33-2/h3-15H,16H2,1-2H3,(H,27,30)(H,28,31)(H,29,32)/b26-15-. The van der Waals surface area contributed by atoms with E-state index in [-0.39, 0.29) is 12.5 Å². The molecule has 0 atom stereocenters. The normalized spacial score (nSPS) is 10.4. The maximum atomic E-state index is 12.1. The van der Waals surface area contributed by atoms with Crippen molar-refractivity contribution in [2.24, 2.45) is 5.10 Å². The second-order valence-electron chi connectivity index (χ2n) is 7.16. The molecule has 0 aromatic heterocycles. The maximum absolute atomic E-state index is 12.1. The van der Waals surface area contributed by atoms with Gasteiger partial charge in [0.2, 0.25) is 0 Å². The second-order valence-corrected chi connectivity index (χ2v) is 7.16. The first kappa shape index (κ1) is 24.0. The minimum Gasteiger partial charge on any atom is -0.497 e. The lowest BCUT2D eigenvalue weighted by Crippen LogP contribution is -2.32. The molecule has 0 unspecified atom stereocenters. The third-order valence-electron chi connectivity index (χ3n) is 4.50. The van der Waals surface area contributed by atoms with Crippen molar-refractivity contribution in [2.75, 3.05) is 24.4 Å². The topological polar surface area (TPSA) is 118 Å². The molecule has 0 fully saturated rings. The molecule has 9 nitrogen and oxygen atoms in total. The summed E-state index contributed by atoms with van der Waals surface area (Å²) in [7, 11) is 1.55. The highest BCUT2D eigenvalue weighted by Crippen LogP contribution is 2.17. The molecule has 9 heteroatoms. The molecule has 0 aliphatic heterocycles. The lowest BCUT2D eigenvalue weighted by Gasteiger charge is -2.08. The van der Waals surface area contributed by atoms with E-state index in [0.29, 0.717) is 28.4 Å². The zero-order chi connectivity index (χ0) is 24.3. The van der Waals surface area contributed by atoms with Crippen LogP contribution < -0.4 is 25.5 Å². The van der Waals surface area contributed by atoms with Gasteiger partial charge in [0.25, 0.3) is 5.91 Å². The summed E-state index contributed by atoms with van der Waals surface area (Å²) in [6.45, 7) is 1.75. The van der Waals surface area contributed by atoms with Gasteiger partial charge in [0.1, 0.15) is 11.5 Å². The van der Waals surface area contributed by atoms with Gasteiger partial charge < -0.3 is 20.1 Å². The van der Waals surface area contributed by atoms with Gasteiger partial charge in [-0.25, -0.2) is 5.43 Å². The predicted molar refractivity (Wildman–Crippen MR) is 129 cm³/mol. The van der Waals surface area contributed by atoms with Crippen LogP contribution in [0, 0.1) is 6.92 Å². The lowest BCUT2D eigenvalue weighted by atomic mass is 10.2. The molecule has 0 saturated carbocycles. The van der Waals surface area contributed by atoms with Crippen LogP contribution in [-0.4, -0.2) is 37.7 Å². The number of ether oxygens (including phenoxy) is 2. The lowest BCUT2D eigenvalue weighted by molar-refractivity contribution is -0.136. The highest BCUT2D eigenvalue weighted by Gasteiger charge is 2.12. The highest BCUT2D eigenvalue weighted by molar-refractivity contribution is 6.39. The largest absolute Gasteiger partial charge is 0.497 e. The number of hydrogen-bond donors (Lipinski definition) is 3. The van der Waals surface area contributed by atoms with Crippen LogP contribution in [0.3, 0.4) is 0 Å². The van der Waals surface area contributed by atoms with Crippen LogP contribution in [0.25, 0.3) is 0 Å². The van der Waals surface area contributed by atoms with Crippen molar-refractivity contribution in [2.45, 2.75) is 6.92 Å². The summed E-state index contributed by atoms with van der Waals surface area (Å²) < 4.78 is 10.6. The molecule has 3 rings (SSSR count). The van der Waals surface area contributed by atoms with Crippen molar-refractivity contribution in [3.63, 3.8) is 0 Å². The molecule has 3 aromatic carbocycles. The van der Waals surface area contributed by atoms with Crippen molar-refractivity contribution < 1.29 is 23.9 Å². The predicted octanol–water partition coefficient (Wildman–Crippen LogP) is 3.11. The summed E-state index contributed by atoms with van der Waals surface area (Å²) >= 11 is 0. The summed E-state index contributed by atoms with van der Waals surface area (Å²) in [6.07, 6.45) is 1.39. The Kier molecular flexibility index (Phi) is 8.34. The zero-order valence-electron chi connectivity index (χ0n) is 18.7. The molecule has 0 aliphatic rings. The summed E-state index contributed by atoms with van der Waals surface area (Å²) in [4.78, 5) is 35.9. The quantitative estimate of drug-likeness (QED) is 0.271. The second kappa shape index (κ2) is 11.8. The van der Waals surface area contributed by atoms with E-state index in [4.69, 9.17) is 9.47 Å². The molecule has 0 aliphatic carbocycles. The summed E-state index contributed by atoms with van der Waals surface area (Å²) in [5.74, 6) is -0.903. The van der Waals surface area contributed by atoms with Crippen LogP contribution in [0.2, 0.25) is 0 Å². The molecule has 3 amide bonds. The molecule has 0 radical (unpaired) electrons. The maximum Gasteiger partial charge on any atom is 0.329 e. The average Bonchev–Trinajstić information content (AvgIpc) is 2.85. The monoisotopic (exact) mass is 460 g/mol. The third-order valence-corrected chi connectivity index (χ3v) is 4.50. The molecule has 3 aromatic rings. The van der Waals surface area contributed by atoms with Crippen LogP contribution in [0.15, 0.2) is 77.9 Å². The van der Waals surface area contributed by atoms with E-state index in [1.165, 1.54) is 6.21 Å². The van der Waals surface area contributed by atoms with E-state index in [2.05, 4.69) is 21.2 Å². The van der Waals surface area contributed by atoms with Crippen LogP contribution in [0.1, 0.15) is 11.1 Å². The number of aryl methyl sites for hydroxylation is 1. The van der Waals surface area contributed by atoms with Crippen molar-refractivity contribution in [3.05, 3.63) is 83.9 Å². The Morgan fingerprint density at radius 2 is 1.59 bits per heavy atom. The molecule has 0 bridgehead atoms. The van der Waals surface area contributed by atoms with Gasteiger partial charge in [0.15, 0.2) is 6.61 Å². The number of nitrogens with one attached hydrogen (secondary N) is 3. The van der Waals surface area contributed by atoms with Gasteiger partial charge in [-0.15, -0.1) is 0 Å². The minimum atomic E-state index is -0.890. The first-order valence-corrected chi connectivity index (χ1v) is 10.3. The van der Waals surface area contributed by atoms with Gasteiger partial charge >= 0.3 is 11.8 Å². The number of hydrazone groups is 1. The van der Waals surface area contributed by atoms with E-state index < -0.39 is 11.8 Å². The van der Waals surface area contributed by atoms with Gasteiger partial charge in [0, 0.05) is 17.4 Å². The molecule has 3 N–H and O–H groups in total. The first-order valence-electron chi connectivity index (χ1n) is 10.3. The number of hydrogen-bond acceptors (Lipinski definition) is 6. The highest BCUT2D eigenvalue weighted by atomic mass is 16.5. The average molecular weight is 460 g/mol. The molecule has 0 saturated heterocycles. The van der Waals surface area contributed by atoms with Crippen molar-refractivity contribution >= 4 is 35.3 Å². The fourth-order valence-corrected chi connectivity index (χ4v) is 2.74. The summed E-state index contributed by atoms with van der Waals surface area (Å²) in [5.41, 5.74) is 5.00. The SMILES string of the molecule is COc1cccc(NC(=O)COc2ccc(/C=N\NC(=O)C(=O)Nc3ccc(C)cc3)cc2)c1. The van der Waals surface area contributed by atoms with Crippen molar-refractivity contribution in [1.82, 2.24) is 5.43 Å². The number of carbonyl (C=O) groups excluding carboxylic acids is 3. The Hall–Kier alpha value is -4.66. The number of rotatable bonds is 8. The number of methoxy groups -OCH3 is 1. The van der Waals surface area contributed by atoms with Gasteiger partial charge in [0.05, 0.1) is 13.3 Å². The van der Waals surface area contributed by atoms with Gasteiger partial charge in [-0.2, -0.15) is 5.10 Å². The molecular formula is C25H24N4O5. The third kappa shape index (κ3) is 7.49. The smallest absolute Gasteiger partial charge is 0.329 e. The number of amides is 3. The van der Waals surface area contributed by atoms with Crippen LogP contribution in [0.4, 0.5) is 11.4 Å². The Bertz CT molecular complexity index is 1170. The van der Waals surface area contributed by atoms with E-state index in [1.807, 2.05) is 19.1 Å². The fraction of sp³-hybridized carbons (Fsp3) is 0.120. The molecule has 0 spiro atoms. The molecule has 0 heterocycles. The van der Waals surface area contributed by atoms with Crippen LogP contribution in [0.5, 0.6) is 11.5 Å². The molecular weight excluding hydrogens is 436 g/mol. The van der Waals surface area contributed by atoms with Crippen LogP contribution in [-0.2, 0) is 14.4 Å². The number of benzene rings is 3. The Morgan fingerprint density at radius 3 is 2.29 bits per heavy atom. The Morgan fingerprint density at radius 1 is 0.853 bits per heavy atom. The minimum absolute atomic E-state index is 0.170. The van der Waals surface area contributed by atoms with Crippen molar-refractivity contribution in [3.8, 4) is 11.5 Å². The van der Waals surface area contributed by atoms with E-state index in [1.54, 1.807) is 67.8 Å². The van der Waals surface area contributed by atoms with E-state index >= 15 is 0 Å². The Balaban J connectivity index is 1.42. The van der Waals surface area contributed by atoms with Crippen molar-refractivity contribution in [1.29, 1.82) is 0 Å². The number of anilines is 2. The number of nitrogens with zero attached hydrogens (tertiary/aromatic N) is 1. The summed E-state index contributed by atoms with van der Waals surface area (Å²) in [5, 5.41) is 9.00.